The number of carbonyl (C=O) groups is 1. The van der Waals surface area contributed by atoms with Gasteiger partial charge in [-0.2, -0.15) is 10.4 Å². The third-order valence-electron chi connectivity index (χ3n) is 5.65. The zero-order chi connectivity index (χ0) is 22.0. The number of fused-ring (bicyclic) bond motifs is 1. The van der Waals surface area contributed by atoms with E-state index >= 15 is 0 Å². The molecule has 1 saturated heterocycles. The lowest BCUT2D eigenvalue weighted by Crippen LogP contribution is -2.56. The zero-order valence-corrected chi connectivity index (χ0v) is 17.5. The van der Waals surface area contributed by atoms with Crippen LogP contribution in [0.4, 0.5) is 5.82 Å². The Morgan fingerprint density at radius 1 is 1.32 bits per heavy atom. The Morgan fingerprint density at radius 2 is 2.10 bits per heavy atom. The number of anilines is 1. The monoisotopic (exact) mass is 420 g/mol. The highest BCUT2D eigenvalue weighted by atomic mass is 16.5. The van der Waals surface area contributed by atoms with Crippen LogP contribution in [-0.2, 0) is 9.53 Å². The Kier molecular flexibility index (Phi) is 5.48. The van der Waals surface area contributed by atoms with E-state index in [0.717, 1.165) is 16.9 Å². The van der Waals surface area contributed by atoms with Crippen molar-refractivity contribution in [3.05, 3.63) is 42.4 Å². The molecule has 0 amide bonds. The zero-order valence-electron chi connectivity index (χ0n) is 17.5. The van der Waals surface area contributed by atoms with Crippen LogP contribution < -0.4 is 15.4 Å². The molecule has 9 nitrogen and oxygen atoms in total. The number of pyridine rings is 2. The van der Waals surface area contributed by atoms with Crippen LogP contribution in [0.3, 0.4) is 0 Å². The van der Waals surface area contributed by atoms with Gasteiger partial charge in [-0.25, -0.2) is 9.50 Å². The lowest BCUT2D eigenvalue weighted by Gasteiger charge is -2.37. The molecule has 4 rings (SSSR count). The third-order valence-corrected chi connectivity index (χ3v) is 5.65. The van der Waals surface area contributed by atoms with Crippen LogP contribution in [0.2, 0.25) is 0 Å². The average Bonchev–Trinajstić information content (AvgIpc) is 3.22. The summed E-state index contributed by atoms with van der Waals surface area (Å²) in [6, 6.07) is 7.99. The Bertz CT molecular complexity index is 1140. The molecular weight excluding hydrogens is 396 g/mol. The number of methoxy groups -OCH3 is 1. The molecule has 0 bridgehead atoms. The molecule has 160 valence electrons. The number of nitrogens with zero attached hydrogens (tertiary/aromatic N) is 5. The van der Waals surface area contributed by atoms with Crippen molar-refractivity contribution in [2.45, 2.75) is 25.3 Å². The first-order valence-electron chi connectivity index (χ1n) is 10.1. The van der Waals surface area contributed by atoms with E-state index < -0.39 is 5.54 Å². The molecule has 4 heterocycles. The van der Waals surface area contributed by atoms with E-state index in [2.05, 4.69) is 21.1 Å². The molecule has 3 aromatic rings. The first-order valence-corrected chi connectivity index (χ1v) is 10.1. The van der Waals surface area contributed by atoms with Gasteiger partial charge in [-0.1, -0.05) is 0 Å². The quantitative estimate of drug-likeness (QED) is 0.624. The van der Waals surface area contributed by atoms with E-state index in [1.165, 1.54) is 7.11 Å². The van der Waals surface area contributed by atoms with Crippen molar-refractivity contribution in [3.8, 4) is 22.9 Å². The number of esters is 1. The van der Waals surface area contributed by atoms with Gasteiger partial charge in [0.25, 0.3) is 0 Å². The molecule has 0 aliphatic carbocycles. The summed E-state index contributed by atoms with van der Waals surface area (Å²) in [5.41, 5.74) is 8.13. The van der Waals surface area contributed by atoms with Gasteiger partial charge in [-0.05, 0) is 38.0 Å². The van der Waals surface area contributed by atoms with Gasteiger partial charge in [-0.3, -0.25) is 4.79 Å². The molecule has 9 heteroatoms. The number of rotatable bonds is 5. The van der Waals surface area contributed by atoms with Crippen molar-refractivity contribution in [1.29, 1.82) is 5.26 Å². The van der Waals surface area contributed by atoms with Crippen molar-refractivity contribution in [2.75, 3.05) is 31.7 Å². The molecule has 1 aliphatic heterocycles. The van der Waals surface area contributed by atoms with Gasteiger partial charge in [0.2, 0.25) is 0 Å². The van der Waals surface area contributed by atoms with Crippen LogP contribution in [-0.4, -0.2) is 52.9 Å². The Labute approximate surface area is 180 Å². The number of carbonyl (C=O) groups excluding carboxylic acids is 1. The van der Waals surface area contributed by atoms with Crippen LogP contribution in [0.5, 0.6) is 5.75 Å². The summed E-state index contributed by atoms with van der Waals surface area (Å²) in [5, 5.41) is 13.8. The predicted octanol–water partition coefficient (Wildman–Crippen LogP) is 2.14. The third kappa shape index (κ3) is 3.78. The second-order valence-corrected chi connectivity index (χ2v) is 7.53. The molecule has 0 saturated carbocycles. The highest BCUT2D eigenvalue weighted by molar-refractivity contribution is 5.85. The molecular formula is C22H24N6O3. The largest absolute Gasteiger partial charge is 0.492 e. The van der Waals surface area contributed by atoms with E-state index in [-0.39, 0.29) is 5.97 Å². The summed E-state index contributed by atoms with van der Waals surface area (Å²) in [4.78, 5) is 18.7. The molecule has 0 spiro atoms. The van der Waals surface area contributed by atoms with E-state index in [4.69, 9.17) is 15.2 Å². The second-order valence-electron chi connectivity index (χ2n) is 7.53. The molecule has 0 unspecified atom stereocenters. The van der Waals surface area contributed by atoms with Crippen molar-refractivity contribution in [3.63, 3.8) is 0 Å². The number of nitriles is 1. The maximum atomic E-state index is 11.9. The number of aromatic nitrogens is 3. The molecule has 0 atom stereocenters. The highest BCUT2D eigenvalue weighted by Gasteiger charge is 2.38. The molecule has 0 aromatic carbocycles. The van der Waals surface area contributed by atoms with Crippen LogP contribution in [0.15, 0.2) is 36.8 Å². The van der Waals surface area contributed by atoms with Crippen LogP contribution >= 0.6 is 0 Å². The van der Waals surface area contributed by atoms with Gasteiger partial charge in [0.15, 0.2) is 0 Å². The molecule has 1 fully saturated rings. The fourth-order valence-corrected chi connectivity index (χ4v) is 3.92. The van der Waals surface area contributed by atoms with Gasteiger partial charge in [-0.15, -0.1) is 0 Å². The van der Waals surface area contributed by atoms with Gasteiger partial charge in [0.05, 0.1) is 37.2 Å². The molecule has 3 aromatic heterocycles. The topological polar surface area (TPSA) is 119 Å². The van der Waals surface area contributed by atoms with Crippen LogP contribution in [0.1, 0.15) is 25.3 Å². The smallest absolute Gasteiger partial charge is 0.325 e. The van der Waals surface area contributed by atoms with E-state index in [1.807, 2.05) is 25.1 Å². The average molecular weight is 420 g/mol. The summed E-state index contributed by atoms with van der Waals surface area (Å²) >= 11 is 0. The Hall–Kier alpha value is -3.64. The van der Waals surface area contributed by atoms with Crippen molar-refractivity contribution < 1.29 is 14.3 Å². The highest BCUT2D eigenvalue weighted by Crippen LogP contribution is 2.32. The summed E-state index contributed by atoms with van der Waals surface area (Å²) in [7, 11) is 1.36. The van der Waals surface area contributed by atoms with E-state index in [9.17, 15) is 10.1 Å². The Morgan fingerprint density at radius 3 is 2.71 bits per heavy atom. The van der Waals surface area contributed by atoms with Crippen LogP contribution in [0.25, 0.3) is 16.6 Å². The van der Waals surface area contributed by atoms with Crippen molar-refractivity contribution in [1.82, 2.24) is 14.6 Å². The summed E-state index contributed by atoms with van der Waals surface area (Å²) in [6.07, 6.45) is 6.09. The molecule has 1 aliphatic rings. The number of nitrogens with two attached hydrogens (primary N) is 1. The van der Waals surface area contributed by atoms with E-state index in [1.54, 1.807) is 23.1 Å². The minimum absolute atomic E-state index is 0.372. The van der Waals surface area contributed by atoms with Crippen molar-refractivity contribution in [2.24, 2.45) is 5.73 Å². The first-order chi connectivity index (χ1) is 15.0. The maximum Gasteiger partial charge on any atom is 0.325 e. The molecule has 2 N–H and O–H groups in total. The minimum Gasteiger partial charge on any atom is -0.492 e. The standard InChI is InChI=1S/C22H24N6O3/c1-3-31-17-10-18(20-16(11-23)13-26-28(20)14-17)15-4-5-19(25-12-15)27-8-6-22(24,7-9-27)21(29)30-2/h4-5,10,12-14H,3,6-9,24H2,1-2H3. The number of piperidine rings is 1. The Balaban J connectivity index is 1.62. The first kappa shape index (κ1) is 20.6. The van der Waals surface area contributed by atoms with Crippen molar-refractivity contribution >= 4 is 17.3 Å². The van der Waals surface area contributed by atoms with Crippen LogP contribution in [0, 0.1) is 11.3 Å². The molecule has 0 radical (unpaired) electrons. The minimum atomic E-state index is -0.938. The summed E-state index contributed by atoms with van der Waals surface area (Å²) < 4.78 is 12.2. The fourth-order valence-electron chi connectivity index (χ4n) is 3.92. The second kappa shape index (κ2) is 8.24. The summed E-state index contributed by atoms with van der Waals surface area (Å²) in [6.45, 7) is 3.67. The van der Waals surface area contributed by atoms with E-state index in [0.29, 0.717) is 49.4 Å². The summed E-state index contributed by atoms with van der Waals surface area (Å²) in [5.74, 6) is 1.10. The maximum absolute atomic E-state index is 11.9. The molecule has 31 heavy (non-hydrogen) atoms. The van der Waals surface area contributed by atoms with Gasteiger partial charge >= 0.3 is 5.97 Å². The predicted molar refractivity (Wildman–Crippen MR) is 115 cm³/mol. The fraction of sp³-hybridized carbons (Fsp3) is 0.364. The SMILES string of the molecule is CCOc1cc(-c2ccc(N3CCC(N)(C(=O)OC)CC3)nc2)c2c(C#N)cnn2c1. The lowest BCUT2D eigenvalue weighted by atomic mass is 9.89. The lowest BCUT2D eigenvalue weighted by molar-refractivity contribution is -0.147. The van der Waals surface area contributed by atoms with Gasteiger partial charge < -0.3 is 20.1 Å². The number of ether oxygens (including phenoxy) is 2. The van der Waals surface area contributed by atoms with Gasteiger partial charge in [0.1, 0.15) is 23.2 Å². The van der Waals surface area contributed by atoms with Gasteiger partial charge in [0, 0.05) is 30.4 Å². The normalized spacial score (nSPS) is 15.5. The number of hydrogen-bond acceptors (Lipinski definition) is 8. The number of hydrogen-bond donors (Lipinski definition) is 1.